The van der Waals surface area contributed by atoms with Gasteiger partial charge in [0.2, 0.25) is 0 Å². The van der Waals surface area contributed by atoms with Crippen LogP contribution in [-0.2, 0) is 18.5 Å². The lowest BCUT2D eigenvalue weighted by molar-refractivity contribution is 0.116. The molecule has 0 aromatic rings. The topological polar surface area (TPSA) is 55.4 Å². The smallest absolute Gasteiger partial charge is 0.282 e. The number of rotatable bonds is 4. The minimum Gasteiger partial charge on any atom is -0.282 e. The van der Waals surface area contributed by atoms with E-state index in [1.807, 2.05) is 0 Å². The van der Waals surface area contributed by atoms with Gasteiger partial charge in [0.05, 0.1) is 12.2 Å². The lowest BCUT2D eigenvalue weighted by Crippen LogP contribution is -1.96. The predicted molar refractivity (Wildman–Crippen MR) is 36.5 cm³/mol. The summed E-state index contributed by atoms with van der Waals surface area (Å²) in [4.78, 5) is 10.9. The summed E-state index contributed by atoms with van der Waals surface area (Å²) in [6, 6.07) is 0. The van der Waals surface area contributed by atoms with Crippen LogP contribution in [0, 0.1) is 0 Å². The second-order valence-corrected chi connectivity index (χ2v) is 4.37. The fourth-order valence-corrected chi connectivity index (χ4v) is 1.94. The molecule has 0 spiro atoms. The highest BCUT2D eigenvalue weighted by Gasteiger charge is 2.39. The summed E-state index contributed by atoms with van der Waals surface area (Å²) in [5, 5.41) is 0. The van der Waals surface area contributed by atoms with Crippen molar-refractivity contribution >= 4 is 7.82 Å². The molecule has 0 bridgehead atoms. The van der Waals surface area contributed by atoms with Crippen LogP contribution in [0.2, 0.25) is 0 Å². The first-order chi connectivity index (χ1) is 5.16. The molecule has 0 aromatic carbocycles. The summed E-state index contributed by atoms with van der Waals surface area (Å²) in [5.41, 5.74) is 0. The maximum atomic E-state index is 10.9. The summed E-state index contributed by atoms with van der Waals surface area (Å²) in [5.74, 6) is 0. The van der Waals surface area contributed by atoms with Gasteiger partial charge in [-0.25, -0.2) is 4.57 Å². The molecule has 63 valence electrons. The van der Waals surface area contributed by atoms with E-state index in [9.17, 15) is 9.46 Å². The van der Waals surface area contributed by atoms with Gasteiger partial charge in [-0.1, -0.05) is 0 Å². The van der Waals surface area contributed by atoms with Crippen LogP contribution in [0.4, 0.5) is 0 Å². The van der Waals surface area contributed by atoms with Crippen molar-refractivity contribution in [2.24, 2.45) is 0 Å². The van der Waals surface area contributed by atoms with E-state index in [2.05, 4.69) is 9.05 Å². The van der Waals surface area contributed by atoms with Crippen molar-refractivity contribution in [3.8, 4) is 0 Å². The molecule has 2 fully saturated rings. The first kappa shape index (κ1) is 7.74. The molecular weight excluding hydrogens is 167 g/mol. The molecule has 2 saturated carbocycles. The Morgan fingerprint density at radius 3 is 1.64 bits per heavy atom. The van der Waals surface area contributed by atoms with Crippen LogP contribution in [-0.4, -0.2) is 12.2 Å². The molecule has 5 heteroatoms. The maximum absolute atomic E-state index is 10.9. The van der Waals surface area contributed by atoms with Gasteiger partial charge in [-0.3, -0.25) is 9.05 Å². The van der Waals surface area contributed by atoms with E-state index in [1.54, 1.807) is 0 Å². The molecule has 1 radical (unpaired) electrons. The van der Waals surface area contributed by atoms with Crippen molar-refractivity contribution in [3.63, 3.8) is 0 Å². The van der Waals surface area contributed by atoms with Crippen LogP contribution in [0.25, 0.3) is 0 Å². The van der Waals surface area contributed by atoms with Crippen LogP contribution >= 0.6 is 7.82 Å². The fourth-order valence-electron chi connectivity index (χ4n) is 0.737. The first-order valence-electron chi connectivity index (χ1n) is 3.83. The molecule has 2 rings (SSSR count). The maximum Gasteiger partial charge on any atom is 0.503 e. The Labute approximate surface area is 65.1 Å². The van der Waals surface area contributed by atoms with Gasteiger partial charge in [-0.15, -0.1) is 4.89 Å². The van der Waals surface area contributed by atoms with Crippen molar-refractivity contribution in [2.75, 3.05) is 0 Å². The molecule has 11 heavy (non-hydrogen) atoms. The molecule has 0 aromatic heterocycles. The van der Waals surface area contributed by atoms with Gasteiger partial charge in [0.15, 0.2) is 0 Å². The zero-order valence-corrected chi connectivity index (χ0v) is 6.96. The third kappa shape index (κ3) is 2.56. The molecule has 0 unspecified atom stereocenters. The quantitative estimate of drug-likeness (QED) is 0.616. The normalized spacial score (nSPS) is 25.5. The SMILES string of the molecule is [O]P(=O)(OC1CC1)OC1CC1. The van der Waals surface area contributed by atoms with Gasteiger partial charge < -0.3 is 0 Å². The lowest BCUT2D eigenvalue weighted by atomic mass is 10.9. The monoisotopic (exact) mass is 177 g/mol. The van der Waals surface area contributed by atoms with E-state index in [4.69, 9.17) is 0 Å². The van der Waals surface area contributed by atoms with E-state index < -0.39 is 7.82 Å². The van der Waals surface area contributed by atoms with Gasteiger partial charge in [-0.2, -0.15) is 0 Å². The summed E-state index contributed by atoms with van der Waals surface area (Å²) in [6.45, 7) is 0. The molecule has 0 heterocycles. The van der Waals surface area contributed by atoms with Crippen molar-refractivity contribution in [2.45, 2.75) is 37.9 Å². The second-order valence-electron chi connectivity index (χ2n) is 3.06. The molecule has 2 aliphatic carbocycles. The average Bonchev–Trinajstić information content (AvgIpc) is 2.60. The summed E-state index contributed by atoms with van der Waals surface area (Å²) in [6.07, 6.45) is 3.22. The van der Waals surface area contributed by atoms with E-state index in [-0.39, 0.29) is 12.2 Å². The Balaban J connectivity index is 1.80. The molecule has 0 saturated heterocycles. The summed E-state index contributed by atoms with van der Waals surface area (Å²) < 4.78 is 20.3. The zero-order valence-electron chi connectivity index (χ0n) is 6.06. The first-order valence-corrected chi connectivity index (χ1v) is 5.30. The van der Waals surface area contributed by atoms with Crippen molar-refractivity contribution in [1.29, 1.82) is 0 Å². The number of hydrogen-bond acceptors (Lipinski definition) is 3. The molecule has 2 aliphatic rings. The zero-order chi connectivity index (χ0) is 7.90. The van der Waals surface area contributed by atoms with E-state index in [0.717, 1.165) is 25.7 Å². The lowest BCUT2D eigenvalue weighted by Gasteiger charge is -2.07. The highest BCUT2D eigenvalue weighted by molar-refractivity contribution is 7.47. The Morgan fingerprint density at radius 1 is 1.00 bits per heavy atom. The largest absolute Gasteiger partial charge is 0.503 e. The van der Waals surface area contributed by atoms with E-state index in [1.165, 1.54) is 0 Å². The molecule has 0 atom stereocenters. The van der Waals surface area contributed by atoms with Gasteiger partial charge in [-0.05, 0) is 25.7 Å². The Morgan fingerprint density at radius 2 is 1.36 bits per heavy atom. The van der Waals surface area contributed by atoms with Crippen LogP contribution < -0.4 is 0 Å². The number of hydrogen-bond donors (Lipinski definition) is 0. The summed E-state index contributed by atoms with van der Waals surface area (Å²) in [7, 11) is -3.93. The standard InChI is InChI=1S/C6H10O4P/c7-11(8,9-5-1-2-5)10-6-3-4-6/h5-6H,1-4H2. The van der Waals surface area contributed by atoms with Crippen molar-refractivity contribution in [1.82, 2.24) is 0 Å². The van der Waals surface area contributed by atoms with Crippen LogP contribution in [0.1, 0.15) is 25.7 Å². The predicted octanol–water partition coefficient (Wildman–Crippen LogP) is 1.88. The highest BCUT2D eigenvalue weighted by atomic mass is 31.2. The Hall–Kier alpha value is 0.110. The van der Waals surface area contributed by atoms with Crippen LogP contribution in [0.15, 0.2) is 0 Å². The molecule has 0 N–H and O–H groups in total. The van der Waals surface area contributed by atoms with Crippen LogP contribution in [0.5, 0.6) is 0 Å². The molecule has 0 aliphatic heterocycles. The third-order valence-electron chi connectivity index (χ3n) is 1.61. The third-order valence-corrected chi connectivity index (χ3v) is 2.72. The molecule has 4 nitrogen and oxygen atoms in total. The molecular formula is C6H10O4P. The summed E-state index contributed by atoms with van der Waals surface area (Å²) >= 11 is 0. The molecule has 0 amide bonds. The van der Waals surface area contributed by atoms with E-state index in [0.29, 0.717) is 0 Å². The van der Waals surface area contributed by atoms with Crippen molar-refractivity contribution < 1.29 is 18.5 Å². The van der Waals surface area contributed by atoms with Crippen LogP contribution in [0.3, 0.4) is 0 Å². The second kappa shape index (κ2) is 2.56. The van der Waals surface area contributed by atoms with Gasteiger partial charge >= 0.3 is 7.82 Å². The Bertz CT molecular complexity index is 179. The highest BCUT2D eigenvalue weighted by Crippen LogP contribution is 2.53. The van der Waals surface area contributed by atoms with E-state index >= 15 is 0 Å². The van der Waals surface area contributed by atoms with Gasteiger partial charge in [0.25, 0.3) is 0 Å². The van der Waals surface area contributed by atoms with Gasteiger partial charge in [0, 0.05) is 0 Å². The van der Waals surface area contributed by atoms with Crippen molar-refractivity contribution in [3.05, 3.63) is 0 Å². The minimum atomic E-state index is -3.93. The Kier molecular flexibility index (Phi) is 1.80. The minimum absolute atomic E-state index is 0.0860. The fraction of sp³-hybridized carbons (Fsp3) is 1.00. The van der Waals surface area contributed by atoms with Gasteiger partial charge in [0.1, 0.15) is 0 Å². The average molecular weight is 177 g/mol.